The number of hydrogen-bond acceptors (Lipinski definition) is 4. The van der Waals surface area contributed by atoms with E-state index >= 15 is 0 Å². The summed E-state index contributed by atoms with van der Waals surface area (Å²) in [5.41, 5.74) is 0.814. The van der Waals surface area contributed by atoms with Gasteiger partial charge in [-0.1, -0.05) is 0 Å². The Morgan fingerprint density at radius 2 is 2.38 bits per heavy atom. The number of aromatic carboxylic acids is 1. The highest BCUT2D eigenvalue weighted by Gasteiger charge is 2.08. The zero-order chi connectivity index (χ0) is 11.8. The Bertz CT molecular complexity index is 342. The van der Waals surface area contributed by atoms with Crippen LogP contribution in [0, 0.1) is 0 Å². The van der Waals surface area contributed by atoms with Crippen LogP contribution < -0.4 is 5.32 Å². The number of aromatic nitrogens is 1. The summed E-state index contributed by atoms with van der Waals surface area (Å²) in [6, 6.07) is 1.67. The van der Waals surface area contributed by atoms with Crippen LogP contribution in [0.3, 0.4) is 0 Å². The van der Waals surface area contributed by atoms with Gasteiger partial charge in [-0.2, -0.15) is 0 Å². The third-order valence-electron chi connectivity index (χ3n) is 2.14. The molecule has 0 unspecified atom stereocenters. The van der Waals surface area contributed by atoms with Gasteiger partial charge in [-0.15, -0.1) is 0 Å². The van der Waals surface area contributed by atoms with Gasteiger partial charge in [0.05, 0.1) is 5.69 Å². The molecule has 88 valence electrons. The molecule has 1 heterocycles. The number of nitrogens with one attached hydrogen (secondary N) is 1. The third-order valence-corrected chi connectivity index (χ3v) is 2.14. The molecule has 0 aromatic carbocycles. The molecular weight excluding hydrogens is 208 g/mol. The van der Waals surface area contributed by atoms with Crippen molar-refractivity contribution in [1.29, 1.82) is 0 Å². The van der Waals surface area contributed by atoms with Crippen molar-refractivity contribution in [3.05, 3.63) is 24.0 Å². The highest BCUT2D eigenvalue weighted by Crippen LogP contribution is 2.13. The molecule has 16 heavy (non-hydrogen) atoms. The number of rotatable bonds is 7. The Morgan fingerprint density at radius 3 is 3.06 bits per heavy atom. The van der Waals surface area contributed by atoms with Crippen LogP contribution in [0.2, 0.25) is 0 Å². The van der Waals surface area contributed by atoms with Crippen molar-refractivity contribution in [2.24, 2.45) is 0 Å². The second-order valence-corrected chi connectivity index (χ2v) is 3.35. The molecule has 0 atom stereocenters. The molecule has 0 saturated carbocycles. The van der Waals surface area contributed by atoms with Gasteiger partial charge in [-0.05, 0) is 18.9 Å². The Hall–Kier alpha value is -1.62. The van der Waals surface area contributed by atoms with Gasteiger partial charge in [0.25, 0.3) is 0 Å². The number of carboxylic acids is 1. The van der Waals surface area contributed by atoms with Crippen LogP contribution in [0.4, 0.5) is 5.69 Å². The van der Waals surface area contributed by atoms with Gasteiger partial charge >= 0.3 is 5.97 Å². The van der Waals surface area contributed by atoms with Crippen LogP contribution in [-0.4, -0.2) is 36.3 Å². The maximum Gasteiger partial charge on any atom is 0.339 e. The molecule has 0 saturated heterocycles. The van der Waals surface area contributed by atoms with Crippen molar-refractivity contribution in [3.63, 3.8) is 0 Å². The summed E-state index contributed by atoms with van der Waals surface area (Å²) in [5.74, 6) is -0.965. The lowest BCUT2D eigenvalue weighted by Crippen LogP contribution is -2.08. The standard InChI is InChI=1S/C11H16N2O3/c1-16-7-3-2-5-13-10-4-6-12-8-9(10)11(14)15/h4,6,8H,2-3,5,7H2,1H3,(H,12,13)(H,14,15). The first kappa shape index (κ1) is 12.4. The number of methoxy groups -OCH3 is 1. The van der Waals surface area contributed by atoms with E-state index in [4.69, 9.17) is 9.84 Å². The average molecular weight is 224 g/mol. The molecule has 1 rings (SSSR count). The van der Waals surface area contributed by atoms with E-state index in [0.29, 0.717) is 5.69 Å². The number of pyridine rings is 1. The Balaban J connectivity index is 2.44. The molecule has 0 bridgehead atoms. The summed E-state index contributed by atoms with van der Waals surface area (Å²) in [6.45, 7) is 1.46. The van der Waals surface area contributed by atoms with Gasteiger partial charge in [0.1, 0.15) is 5.56 Å². The minimum absolute atomic E-state index is 0.203. The van der Waals surface area contributed by atoms with E-state index in [1.165, 1.54) is 6.20 Å². The Morgan fingerprint density at radius 1 is 1.56 bits per heavy atom. The van der Waals surface area contributed by atoms with E-state index in [2.05, 4.69) is 10.3 Å². The number of hydrogen-bond donors (Lipinski definition) is 2. The van der Waals surface area contributed by atoms with Crippen molar-refractivity contribution >= 4 is 11.7 Å². The smallest absolute Gasteiger partial charge is 0.339 e. The molecule has 0 fully saturated rings. The van der Waals surface area contributed by atoms with Gasteiger partial charge in [-0.25, -0.2) is 4.79 Å². The number of carbonyl (C=O) groups is 1. The molecule has 5 heteroatoms. The zero-order valence-electron chi connectivity index (χ0n) is 9.27. The average Bonchev–Trinajstić information content (AvgIpc) is 2.29. The number of carboxylic acid groups (broad SMARTS) is 1. The van der Waals surface area contributed by atoms with Crippen molar-refractivity contribution in [2.45, 2.75) is 12.8 Å². The van der Waals surface area contributed by atoms with E-state index in [1.807, 2.05) is 0 Å². The fourth-order valence-electron chi connectivity index (χ4n) is 1.31. The molecule has 0 aliphatic rings. The second kappa shape index (κ2) is 6.79. The lowest BCUT2D eigenvalue weighted by atomic mass is 10.2. The molecule has 0 spiro atoms. The quantitative estimate of drug-likeness (QED) is 0.688. The maximum absolute atomic E-state index is 10.9. The summed E-state index contributed by atoms with van der Waals surface area (Å²) < 4.78 is 4.92. The summed E-state index contributed by atoms with van der Waals surface area (Å²) >= 11 is 0. The first-order valence-electron chi connectivity index (χ1n) is 5.16. The fourth-order valence-corrected chi connectivity index (χ4v) is 1.31. The zero-order valence-corrected chi connectivity index (χ0v) is 9.27. The van der Waals surface area contributed by atoms with Gasteiger partial charge in [0, 0.05) is 32.7 Å². The van der Waals surface area contributed by atoms with E-state index in [9.17, 15) is 4.79 Å². The Labute approximate surface area is 94.5 Å². The van der Waals surface area contributed by atoms with Crippen LogP contribution in [-0.2, 0) is 4.74 Å². The topological polar surface area (TPSA) is 71.5 Å². The molecule has 0 aliphatic heterocycles. The number of unbranched alkanes of at least 4 members (excludes halogenated alkanes) is 1. The normalized spacial score (nSPS) is 10.1. The second-order valence-electron chi connectivity index (χ2n) is 3.35. The lowest BCUT2D eigenvalue weighted by molar-refractivity contribution is 0.0697. The first-order chi connectivity index (χ1) is 7.75. The molecule has 0 radical (unpaired) electrons. The number of ether oxygens (including phenoxy) is 1. The van der Waals surface area contributed by atoms with Crippen molar-refractivity contribution in [1.82, 2.24) is 4.98 Å². The Kier molecular flexibility index (Phi) is 5.28. The number of nitrogens with zero attached hydrogens (tertiary/aromatic N) is 1. The molecule has 0 aliphatic carbocycles. The summed E-state index contributed by atoms with van der Waals surface area (Å²) in [5, 5.41) is 12.0. The monoisotopic (exact) mass is 224 g/mol. The SMILES string of the molecule is COCCCCNc1ccncc1C(=O)O. The highest BCUT2D eigenvalue weighted by molar-refractivity contribution is 5.93. The number of anilines is 1. The van der Waals surface area contributed by atoms with Crippen molar-refractivity contribution in [3.8, 4) is 0 Å². The maximum atomic E-state index is 10.9. The molecule has 2 N–H and O–H groups in total. The van der Waals surface area contributed by atoms with Gasteiger partial charge in [0.15, 0.2) is 0 Å². The van der Waals surface area contributed by atoms with Gasteiger partial charge in [0.2, 0.25) is 0 Å². The van der Waals surface area contributed by atoms with Crippen LogP contribution in [0.25, 0.3) is 0 Å². The van der Waals surface area contributed by atoms with Crippen molar-refractivity contribution in [2.75, 3.05) is 25.6 Å². The van der Waals surface area contributed by atoms with Gasteiger partial charge < -0.3 is 15.2 Å². The lowest BCUT2D eigenvalue weighted by Gasteiger charge is -2.08. The molecule has 5 nitrogen and oxygen atoms in total. The first-order valence-corrected chi connectivity index (χ1v) is 5.16. The van der Waals surface area contributed by atoms with Crippen molar-refractivity contribution < 1.29 is 14.6 Å². The molecule has 0 amide bonds. The molecule has 1 aromatic heterocycles. The van der Waals surface area contributed by atoms with E-state index in [-0.39, 0.29) is 5.56 Å². The summed E-state index contributed by atoms with van der Waals surface area (Å²) in [6.07, 6.45) is 4.82. The minimum atomic E-state index is -0.965. The van der Waals surface area contributed by atoms with Crippen LogP contribution >= 0.6 is 0 Å². The van der Waals surface area contributed by atoms with Crippen LogP contribution in [0.15, 0.2) is 18.5 Å². The summed E-state index contributed by atoms with van der Waals surface area (Å²) in [4.78, 5) is 14.6. The van der Waals surface area contributed by atoms with Crippen LogP contribution in [0.1, 0.15) is 23.2 Å². The predicted molar refractivity (Wildman–Crippen MR) is 60.8 cm³/mol. The van der Waals surface area contributed by atoms with E-state index in [1.54, 1.807) is 19.4 Å². The molecule has 1 aromatic rings. The van der Waals surface area contributed by atoms with E-state index in [0.717, 1.165) is 26.0 Å². The third kappa shape index (κ3) is 3.86. The highest BCUT2D eigenvalue weighted by atomic mass is 16.5. The molecular formula is C11H16N2O3. The van der Waals surface area contributed by atoms with E-state index < -0.39 is 5.97 Å². The van der Waals surface area contributed by atoms with Gasteiger partial charge in [-0.3, -0.25) is 4.98 Å². The minimum Gasteiger partial charge on any atom is -0.478 e. The largest absolute Gasteiger partial charge is 0.478 e. The van der Waals surface area contributed by atoms with Crippen LogP contribution in [0.5, 0.6) is 0 Å². The summed E-state index contributed by atoms with van der Waals surface area (Å²) in [7, 11) is 1.67. The fraction of sp³-hybridized carbons (Fsp3) is 0.455. The predicted octanol–water partition coefficient (Wildman–Crippen LogP) is 1.62.